The molecule has 30 heavy (non-hydrogen) atoms. The number of nitrogens with two attached hydrogens (primary N) is 1. The Kier molecular flexibility index (Phi) is 5.27. The summed E-state index contributed by atoms with van der Waals surface area (Å²) in [5.74, 6) is 4.94. The van der Waals surface area contributed by atoms with Crippen LogP contribution >= 0.6 is 0 Å². The summed E-state index contributed by atoms with van der Waals surface area (Å²) in [4.78, 5) is 42.4. The zero-order valence-electron chi connectivity index (χ0n) is 17.8. The highest BCUT2D eigenvalue weighted by Crippen LogP contribution is 2.27. The first-order valence-electron chi connectivity index (χ1n) is 10.6. The van der Waals surface area contributed by atoms with Crippen molar-refractivity contribution < 1.29 is 14.4 Å². The van der Waals surface area contributed by atoms with Gasteiger partial charge in [0.15, 0.2) is 0 Å². The number of hydrogen-bond acceptors (Lipinski definition) is 5. The van der Waals surface area contributed by atoms with Crippen LogP contribution in [0, 0.1) is 6.92 Å². The first kappa shape index (κ1) is 20.4. The number of nitrogens with one attached hydrogen (secondary N) is 1. The summed E-state index contributed by atoms with van der Waals surface area (Å²) in [6.07, 6.45) is 3.32. The Labute approximate surface area is 175 Å². The smallest absolute Gasteiger partial charge is 0.295 e. The summed E-state index contributed by atoms with van der Waals surface area (Å²) in [7, 11) is 0. The maximum atomic E-state index is 13.4. The van der Waals surface area contributed by atoms with Crippen LogP contribution in [0.1, 0.15) is 53.0 Å². The van der Waals surface area contributed by atoms with Gasteiger partial charge in [-0.15, -0.1) is 0 Å². The predicted octanol–water partition coefficient (Wildman–Crippen LogP) is 1.29. The molecule has 2 amide bonds. The summed E-state index contributed by atoms with van der Waals surface area (Å²) in [6, 6.07) is 3.83. The summed E-state index contributed by atoms with van der Waals surface area (Å²) in [6.45, 7) is 8.51. The van der Waals surface area contributed by atoms with Crippen molar-refractivity contribution in [3.8, 4) is 0 Å². The van der Waals surface area contributed by atoms with Crippen molar-refractivity contribution in [3.63, 3.8) is 0 Å². The number of ketones is 1. The number of carbonyl (C=O) groups excluding carboxylic acids is 3. The first-order chi connectivity index (χ1) is 14.3. The van der Waals surface area contributed by atoms with Gasteiger partial charge >= 0.3 is 0 Å². The lowest BCUT2D eigenvalue weighted by Crippen LogP contribution is -2.56. The molecule has 4 rings (SSSR count). The number of carbonyl (C=O) groups is 3. The van der Waals surface area contributed by atoms with E-state index in [1.54, 1.807) is 11.0 Å². The van der Waals surface area contributed by atoms with Gasteiger partial charge in [-0.25, -0.2) is 0 Å². The van der Waals surface area contributed by atoms with Crippen molar-refractivity contribution in [1.29, 1.82) is 0 Å². The van der Waals surface area contributed by atoms with Crippen LogP contribution < -0.4 is 11.2 Å². The number of likely N-dealkylation sites (tertiary alicyclic amines) is 1. The number of Topliss-reactive ketones (excluding diaryl/α,β-unsaturated/α-hetero) is 1. The SMILES string of the molecule is Cc1cc2c(cc1C(=O)N1C[C@H](C)NC[C@H]1C)c(C(=O)C(=O)N1CCCC1)cn2N. The number of benzene rings is 1. The van der Waals surface area contributed by atoms with Crippen LogP contribution in [-0.2, 0) is 4.79 Å². The number of aryl methyl sites for hydroxylation is 1. The quantitative estimate of drug-likeness (QED) is 0.450. The van der Waals surface area contributed by atoms with E-state index in [1.807, 2.05) is 24.8 Å². The van der Waals surface area contributed by atoms with E-state index in [4.69, 9.17) is 5.84 Å². The highest BCUT2D eigenvalue weighted by Gasteiger charge is 2.31. The Morgan fingerprint density at radius 1 is 1.10 bits per heavy atom. The van der Waals surface area contributed by atoms with Crippen molar-refractivity contribution in [1.82, 2.24) is 19.8 Å². The Balaban J connectivity index is 1.73. The van der Waals surface area contributed by atoms with E-state index in [-0.39, 0.29) is 23.6 Å². The van der Waals surface area contributed by atoms with Gasteiger partial charge in [-0.05, 0) is 51.3 Å². The van der Waals surface area contributed by atoms with Crippen LogP contribution in [0.3, 0.4) is 0 Å². The lowest BCUT2D eigenvalue weighted by Gasteiger charge is -2.37. The van der Waals surface area contributed by atoms with Crippen molar-refractivity contribution in [2.24, 2.45) is 0 Å². The molecule has 0 bridgehead atoms. The Morgan fingerprint density at radius 3 is 2.50 bits per heavy atom. The molecule has 2 aromatic rings. The largest absolute Gasteiger partial charge is 0.339 e. The van der Waals surface area contributed by atoms with Gasteiger partial charge in [-0.1, -0.05) is 0 Å². The summed E-state index contributed by atoms with van der Waals surface area (Å²) < 4.78 is 1.36. The zero-order chi connectivity index (χ0) is 21.6. The summed E-state index contributed by atoms with van der Waals surface area (Å²) in [5.41, 5.74) is 2.21. The van der Waals surface area contributed by atoms with Crippen molar-refractivity contribution in [2.45, 2.75) is 45.7 Å². The second-order valence-electron chi connectivity index (χ2n) is 8.58. The number of fused-ring (bicyclic) bond motifs is 1. The number of amides is 2. The van der Waals surface area contributed by atoms with E-state index in [2.05, 4.69) is 12.2 Å². The first-order valence-corrected chi connectivity index (χ1v) is 10.6. The molecule has 2 aliphatic rings. The molecule has 2 saturated heterocycles. The third-order valence-electron chi connectivity index (χ3n) is 6.27. The Hall–Kier alpha value is -2.87. The van der Waals surface area contributed by atoms with Gasteiger partial charge < -0.3 is 21.0 Å². The molecule has 0 aliphatic carbocycles. The number of rotatable bonds is 3. The van der Waals surface area contributed by atoms with Gasteiger partial charge in [-0.2, -0.15) is 0 Å². The number of hydrogen-bond donors (Lipinski definition) is 2. The highest BCUT2D eigenvalue weighted by molar-refractivity contribution is 6.45. The fourth-order valence-corrected chi connectivity index (χ4v) is 4.45. The maximum Gasteiger partial charge on any atom is 0.295 e. The molecule has 1 aromatic carbocycles. The minimum Gasteiger partial charge on any atom is -0.339 e. The van der Waals surface area contributed by atoms with Gasteiger partial charge in [0.25, 0.3) is 17.6 Å². The minimum atomic E-state index is -0.572. The van der Waals surface area contributed by atoms with E-state index in [1.165, 1.54) is 10.9 Å². The predicted molar refractivity (Wildman–Crippen MR) is 115 cm³/mol. The molecule has 3 heterocycles. The van der Waals surface area contributed by atoms with Crippen molar-refractivity contribution >= 4 is 28.5 Å². The van der Waals surface area contributed by atoms with Gasteiger partial charge in [0.1, 0.15) is 0 Å². The zero-order valence-corrected chi connectivity index (χ0v) is 17.8. The Morgan fingerprint density at radius 2 is 1.80 bits per heavy atom. The van der Waals surface area contributed by atoms with Gasteiger partial charge in [0.2, 0.25) is 0 Å². The number of nitrogen functional groups attached to an aromatic ring is 1. The van der Waals surface area contributed by atoms with Gasteiger partial charge in [0.05, 0.1) is 11.1 Å². The van der Waals surface area contributed by atoms with E-state index in [0.29, 0.717) is 36.1 Å². The molecule has 0 unspecified atom stereocenters. The second-order valence-corrected chi connectivity index (χ2v) is 8.58. The van der Waals surface area contributed by atoms with Crippen LogP contribution in [0.2, 0.25) is 0 Å². The molecule has 3 N–H and O–H groups in total. The molecule has 0 radical (unpaired) electrons. The van der Waals surface area contributed by atoms with Crippen molar-refractivity contribution in [2.75, 3.05) is 32.0 Å². The molecule has 0 saturated carbocycles. The number of aromatic nitrogens is 1. The third kappa shape index (κ3) is 3.45. The maximum absolute atomic E-state index is 13.4. The molecule has 8 nitrogen and oxygen atoms in total. The van der Waals surface area contributed by atoms with Crippen molar-refractivity contribution in [3.05, 3.63) is 35.0 Å². The normalized spacial score (nSPS) is 22.0. The van der Waals surface area contributed by atoms with E-state index in [9.17, 15) is 14.4 Å². The lowest BCUT2D eigenvalue weighted by atomic mass is 10.00. The van der Waals surface area contributed by atoms with Gasteiger partial charge in [0, 0.05) is 55.4 Å². The number of piperazine rings is 1. The minimum absolute atomic E-state index is 0.0655. The molecular weight excluding hydrogens is 382 g/mol. The Bertz CT molecular complexity index is 1020. The molecule has 1 aromatic heterocycles. The van der Waals surface area contributed by atoms with E-state index < -0.39 is 11.7 Å². The van der Waals surface area contributed by atoms with E-state index in [0.717, 1.165) is 24.9 Å². The van der Waals surface area contributed by atoms with E-state index >= 15 is 0 Å². The molecular formula is C22H29N5O3. The standard InChI is InChI=1S/C22H29N5O3/c1-13-8-19-17(9-16(13)21(29)26-11-14(2)24-10-15(26)3)18(12-27(19)23)20(28)22(30)25-6-4-5-7-25/h8-9,12,14-15,24H,4-7,10-11,23H2,1-3H3/t14-,15+/m0/s1. The van der Waals surface area contributed by atoms with Crippen LogP contribution in [0.25, 0.3) is 10.9 Å². The summed E-state index contributed by atoms with van der Waals surface area (Å²) >= 11 is 0. The lowest BCUT2D eigenvalue weighted by molar-refractivity contribution is -0.125. The third-order valence-corrected chi connectivity index (χ3v) is 6.27. The van der Waals surface area contributed by atoms with Crippen LogP contribution in [0.5, 0.6) is 0 Å². The number of nitrogens with zero attached hydrogens (tertiary/aromatic N) is 3. The topological polar surface area (TPSA) is 101 Å². The molecule has 0 spiro atoms. The molecule has 160 valence electrons. The van der Waals surface area contributed by atoms with Crippen LogP contribution in [0.15, 0.2) is 18.3 Å². The average Bonchev–Trinajstić information content (AvgIpc) is 3.36. The fourth-order valence-electron chi connectivity index (χ4n) is 4.45. The second kappa shape index (κ2) is 7.75. The highest BCUT2D eigenvalue weighted by atomic mass is 16.2. The molecule has 2 fully saturated rings. The monoisotopic (exact) mass is 411 g/mol. The fraction of sp³-hybridized carbons (Fsp3) is 0.500. The molecule has 2 aliphatic heterocycles. The molecule has 2 atom stereocenters. The van der Waals surface area contributed by atoms with Crippen LogP contribution in [-0.4, -0.2) is 70.3 Å². The van der Waals surface area contributed by atoms with Gasteiger partial charge in [-0.3, -0.25) is 19.1 Å². The molecule has 8 heteroatoms. The average molecular weight is 412 g/mol. The summed E-state index contributed by atoms with van der Waals surface area (Å²) in [5, 5.41) is 3.92. The van der Waals surface area contributed by atoms with Crippen LogP contribution in [0.4, 0.5) is 0 Å².